The Balaban J connectivity index is 2.06. The number of likely N-dealkylation sites (N-methyl/N-ethyl adjacent to an activating group) is 1. The quantitative estimate of drug-likeness (QED) is 0.692. The van der Waals surface area contributed by atoms with Gasteiger partial charge in [-0.05, 0) is 39.3 Å². The second-order valence-corrected chi connectivity index (χ2v) is 4.73. The molecule has 5 nitrogen and oxygen atoms in total. The highest BCUT2D eigenvalue weighted by atomic mass is 16.2. The number of carbonyl (C=O) groups is 2. The Hall–Kier alpha value is -1.10. The molecule has 2 fully saturated rings. The first-order valence-electron chi connectivity index (χ1n) is 5.91. The fraction of sp³-hybridized carbons (Fsp3) is 0.818. The highest BCUT2D eigenvalue weighted by molar-refractivity contribution is 5.89. The molecule has 2 rings (SSSR count). The number of rotatable bonds is 2. The first-order chi connectivity index (χ1) is 7.61. The average molecular weight is 225 g/mol. The van der Waals surface area contributed by atoms with Crippen molar-refractivity contribution in [1.82, 2.24) is 9.80 Å². The van der Waals surface area contributed by atoms with Gasteiger partial charge in [-0.2, -0.15) is 0 Å². The van der Waals surface area contributed by atoms with Crippen LogP contribution >= 0.6 is 0 Å². The van der Waals surface area contributed by atoms with E-state index in [0.29, 0.717) is 6.54 Å². The van der Waals surface area contributed by atoms with Gasteiger partial charge in [0.15, 0.2) is 0 Å². The summed E-state index contributed by atoms with van der Waals surface area (Å²) in [5.74, 6) is -0.284. The topological polar surface area (TPSA) is 66.6 Å². The van der Waals surface area contributed by atoms with Crippen LogP contribution in [0.2, 0.25) is 0 Å². The number of hydrogen-bond acceptors (Lipinski definition) is 3. The van der Waals surface area contributed by atoms with E-state index in [4.69, 9.17) is 5.73 Å². The van der Waals surface area contributed by atoms with Crippen LogP contribution in [0.3, 0.4) is 0 Å². The van der Waals surface area contributed by atoms with Crippen molar-refractivity contribution >= 4 is 11.8 Å². The molecule has 0 aromatic rings. The van der Waals surface area contributed by atoms with Crippen LogP contribution in [0.25, 0.3) is 0 Å². The predicted molar refractivity (Wildman–Crippen MR) is 59.6 cm³/mol. The van der Waals surface area contributed by atoms with Crippen LogP contribution in [-0.2, 0) is 9.59 Å². The van der Waals surface area contributed by atoms with Gasteiger partial charge >= 0.3 is 0 Å². The SMILES string of the molecule is CN1CCC[C@@H]1C(=O)N1CCC[C@H]1C(N)=O. The largest absolute Gasteiger partial charge is 0.368 e. The molecule has 0 radical (unpaired) electrons. The Morgan fingerprint density at radius 2 is 1.75 bits per heavy atom. The molecule has 16 heavy (non-hydrogen) atoms. The van der Waals surface area contributed by atoms with E-state index in [1.54, 1.807) is 4.90 Å². The van der Waals surface area contributed by atoms with Crippen molar-refractivity contribution in [3.63, 3.8) is 0 Å². The third-order valence-corrected chi connectivity index (χ3v) is 3.67. The Morgan fingerprint density at radius 1 is 1.12 bits per heavy atom. The van der Waals surface area contributed by atoms with Crippen LogP contribution in [-0.4, -0.2) is 53.8 Å². The van der Waals surface area contributed by atoms with Gasteiger partial charge in [-0.3, -0.25) is 14.5 Å². The minimum Gasteiger partial charge on any atom is -0.368 e. The summed E-state index contributed by atoms with van der Waals surface area (Å²) in [4.78, 5) is 27.2. The Bertz CT molecular complexity index is 306. The molecule has 2 N–H and O–H groups in total. The monoisotopic (exact) mass is 225 g/mol. The maximum atomic E-state index is 12.2. The molecule has 0 unspecified atom stereocenters. The molecule has 0 bridgehead atoms. The lowest BCUT2D eigenvalue weighted by molar-refractivity contribution is -0.140. The van der Waals surface area contributed by atoms with Crippen LogP contribution in [0, 0.1) is 0 Å². The summed E-state index contributed by atoms with van der Waals surface area (Å²) in [7, 11) is 1.96. The summed E-state index contributed by atoms with van der Waals surface area (Å²) in [6, 6.07) is -0.415. The minimum absolute atomic E-state index is 0.0417. The van der Waals surface area contributed by atoms with Gasteiger partial charge in [0.05, 0.1) is 6.04 Å². The molecule has 0 aromatic heterocycles. The van der Waals surface area contributed by atoms with Crippen LogP contribution in [0.5, 0.6) is 0 Å². The van der Waals surface area contributed by atoms with Crippen molar-refractivity contribution in [3.05, 3.63) is 0 Å². The lowest BCUT2D eigenvalue weighted by Crippen LogP contribution is -2.50. The standard InChI is InChI=1S/C11H19N3O2/c1-13-6-2-5-9(13)11(16)14-7-3-4-8(14)10(12)15/h8-9H,2-7H2,1H3,(H2,12,15)/t8-,9+/m0/s1. The van der Waals surface area contributed by atoms with Gasteiger partial charge in [0.1, 0.15) is 6.04 Å². The van der Waals surface area contributed by atoms with Crippen LogP contribution in [0.1, 0.15) is 25.7 Å². The van der Waals surface area contributed by atoms with Crippen molar-refractivity contribution < 1.29 is 9.59 Å². The second-order valence-electron chi connectivity index (χ2n) is 4.73. The van der Waals surface area contributed by atoms with E-state index in [-0.39, 0.29) is 23.9 Å². The Labute approximate surface area is 95.6 Å². The lowest BCUT2D eigenvalue weighted by Gasteiger charge is -2.28. The molecule has 2 atom stereocenters. The number of hydrogen-bond donors (Lipinski definition) is 1. The Morgan fingerprint density at radius 3 is 2.31 bits per heavy atom. The maximum Gasteiger partial charge on any atom is 0.240 e. The van der Waals surface area contributed by atoms with Gasteiger partial charge in [0.25, 0.3) is 0 Å². The average Bonchev–Trinajstić information content (AvgIpc) is 2.84. The van der Waals surface area contributed by atoms with Crippen LogP contribution < -0.4 is 5.73 Å². The lowest BCUT2D eigenvalue weighted by atomic mass is 10.1. The summed E-state index contributed by atoms with van der Waals surface area (Å²) in [5.41, 5.74) is 5.31. The van der Waals surface area contributed by atoms with Crippen molar-refractivity contribution in [1.29, 1.82) is 0 Å². The van der Waals surface area contributed by atoms with Crippen molar-refractivity contribution in [2.45, 2.75) is 37.8 Å². The van der Waals surface area contributed by atoms with E-state index < -0.39 is 0 Å². The Kier molecular flexibility index (Phi) is 3.14. The first-order valence-corrected chi connectivity index (χ1v) is 5.91. The number of likely N-dealkylation sites (tertiary alicyclic amines) is 2. The first kappa shape index (κ1) is 11.4. The summed E-state index contributed by atoms with van der Waals surface area (Å²) in [5, 5.41) is 0. The highest BCUT2D eigenvalue weighted by Crippen LogP contribution is 2.23. The number of nitrogens with two attached hydrogens (primary N) is 1. The van der Waals surface area contributed by atoms with Crippen molar-refractivity contribution in [3.8, 4) is 0 Å². The van der Waals surface area contributed by atoms with Gasteiger partial charge in [-0.15, -0.1) is 0 Å². The van der Waals surface area contributed by atoms with Gasteiger partial charge in [-0.25, -0.2) is 0 Å². The maximum absolute atomic E-state index is 12.2. The molecular formula is C11H19N3O2. The molecule has 2 aliphatic heterocycles. The van der Waals surface area contributed by atoms with Gasteiger partial charge in [-0.1, -0.05) is 0 Å². The fourth-order valence-corrected chi connectivity index (χ4v) is 2.74. The van der Waals surface area contributed by atoms with E-state index in [1.807, 2.05) is 7.05 Å². The zero-order chi connectivity index (χ0) is 11.7. The number of amides is 2. The van der Waals surface area contributed by atoms with E-state index in [2.05, 4.69) is 4.90 Å². The third kappa shape index (κ3) is 1.91. The van der Waals surface area contributed by atoms with E-state index in [0.717, 1.165) is 32.2 Å². The summed E-state index contributed by atoms with van der Waals surface area (Å²) >= 11 is 0. The van der Waals surface area contributed by atoms with Gasteiger partial charge < -0.3 is 10.6 Å². The van der Waals surface area contributed by atoms with Crippen molar-refractivity contribution in [2.24, 2.45) is 5.73 Å². The summed E-state index contributed by atoms with van der Waals surface area (Å²) in [6.45, 7) is 1.64. The summed E-state index contributed by atoms with van der Waals surface area (Å²) in [6.07, 6.45) is 3.56. The zero-order valence-electron chi connectivity index (χ0n) is 9.69. The normalized spacial score (nSPS) is 30.9. The van der Waals surface area contributed by atoms with Crippen molar-refractivity contribution in [2.75, 3.05) is 20.1 Å². The van der Waals surface area contributed by atoms with Crippen LogP contribution in [0.15, 0.2) is 0 Å². The number of nitrogens with zero attached hydrogens (tertiary/aromatic N) is 2. The molecular weight excluding hydrogens is 206 g/mol. The molecule has 2 amide bonds. The highest BCUT2D eigenvalue weighted by Gasteiger charge is 2.38. The molecule has 2 heterocycles. The molecule has 0 saturated carbocycles. The van der Waals surface area contributed by atoms with Gasteiger partial charge in [0.2, 0.25) is 11.8 Å². The third-order valence-electron chi connectivity index (χ3n) is 3.67. The van der Waals surface area contributed by atoms with E-state index in [9.17, 15) is 9.59 Å². The fourth-order valence-electron chi connectivity index (χ4n) is 2.74. The predicted octanol–water partition coefficient (Wildman–Crippen LogP) is -0.443. The molecule has 90 valence electrons. The number of primary amides is 1. The summed E-state index contributed by atoms with van der Waals surface area (Å²) < 4.78 is 0. The van der Waals surface area contributed by atoms with Gasteiger partial charge in [0, 0.05) is 6.54 Å². The minimum atomic E-state index is -0.374. The molecule has 2 saturated heterocycles. The second kappa shape index (κ2) is 4.41. The smallest absolute Gasteiger partial charge is 0.240 e. The zero-order valence-corrected chi connectivity index (χ0v) is 9.69. The molecule has 0 spiro atoms. The van der Waals surface area contributed by atoms with E-state index in [1.165, 1.54) is 0 Å². The molecule has 0 aliphatic carbocycles. The molecule has 2 aliphatic rings. The molecule has 0 aromatic carbocycles. The molecule has 5 heteroatoms. The van der Waals surface area contributed by atoms with E-state index >= 15 is 0 Å². The van der Waals surface area contributed by atoms with Crippen LogP contribution in [0.4, 0.5) is 0 Å². The number of carbonyl (C=O) groups excluding carboxylic acids is 2.